The second-order valence-electron chi connectivity index (χ2n) is 8.74. The van der Waals surface area contributed by atoms with Crippen molar-refractivity contribution in [3.05, 3.63) is 77.4 Å². The first-order chi connectivity index (χ1) is 14.8. The fraction of sp³-hybridized carbons (Fsp3) is 0.320. The number of aromatic nitrogens is 1. The Morgan fingerprint density at radius 2 is 1.55 bits per heavy atom. The molecular weight excluding hydrogens is 466 g/mol. The molecule has 164 valence electrons. The molecule has 0 aliphatic heterocycles. The molecule has 1 aromatic heterocycles. The molecule has 3 N–H and O–H groups in total. The number of nitrogens with two attached hydrogens (primary N) is 1. The smallest absolute Gasteiger partial charge is 0.261 e. The quantitative estimate of drug-likeness (QED) is 0.315. The summed E-state index contributed by atoms with van der Waals surface area (Å²) >= 11 is 3.39. The van der Waals surface area contributed by atoms with Crippen molar-refractivity contribution in [2.24, 2.45) is 0 Å². The van der Waals surface area contributed by atoms with Gasteiger partial charge in [-0.25, -0.2) is 4.98 Å². The summed E-state index contributed by atoms with van der Waals surface area (Å²) in [6, 6.07) is 23.4. The Kier molecular flexibility index (Phi) is 7.92. The molecule has 3 rings (SSSR count). The number of nitrogen functional groups attached to an aromatic ring is 1. The highest BCUT2D eigenvalue weighted by molar-refractivity contribution is 9.10. The van der Waals surface area contributed by atoms with E-state index in [4.69, 9.17) is 10.2 Å². The van der Waals surface area contributed by atoms with Gasteiger partial charge in [0.25, 0.3) is 8.32 Å². The van der Waals surface area contributed by atoms with E-state index in [9.17, 15) is 0 Å². The second-order valence-corrected chi connectivity index (χ2v) is 14.0. The number of nitrogens with one attached hydrogen (secondary N) is 1. The van der Waals surface area contributed by atoms with E-state index >= 15 is 0 Å². The summed E-state index contributed by atoms with van der Waals surface area (Å²) in [6.07, 6.45) is 3.70. The van der Waals surface area contributed by atoms with E-state index in [-0.39, 0.29) is 5.04 Å². The van der Waals surface area contributed by atoms with Crippen LogP contribution < -0.4 is 21.4 Å². The standard InChI is InChI=1S/C25H32BrN3OSi/c1-25(2,3)31(21-12-6-4-7-13-21,22-14-8-5-9-15-22)30-17-11-10-16-28-24-23(27)18-20(26)19-29-24/h4-9,12-15,18-19H,10-11,16-17,27H2,1-3H3,(H,28,29). The van der Waals surface area contributed by atoms with Crippen molar-refractivity contribution >= 4 is 46.1 Å². The van der Waals surface area contributed by atoms with Gasteiger partial charge in [0.15, 0.2) is 0 Å². The number of hydrogen-bond acceptors (Lipinski definition) is 4. The molecule has 0 aliphatic carbocycles. The van der Waals surface area contributed by atoms with Crippen LogP contribution in [-0.4, -0.2) is 26.5 Å². The lowest BCUT2D eigenvalue weighted by Crippen LogP contribution is -2.66. The third-order valence-electron chi connectivity index (χ3n) is 5.48. The largest absolute Gasteiger partial charge is 0.407 e. The molecule has 0 unspecified atom stereocenters. The lowest BCUT2D eigenvalue weighted by molar-refractivity contribution is 0.289. The van der Waals surface area contributed by atoms with Crippen LogP contribution in [0.3, 0.4) is 0 Å². The summed E-state index contributed by atoms with van der Waals surface area (Å²) in [5.74, 6) is 0.733. The third kappa shape index (κ3) is 5.56. The van der Waals surface area contributed by atoms with Gasteiger partial charge in [0, 0.05) is 23.8 Å². The molecule has 4 nitrogen and oxygen atoms in total. The second kappa shape index (κ2) is 10.4. The number of anilines is 2. The van der Waals surface area contributed by atoms with E-state index in [2.05, 4.69) is 108 Å². The van der Waals surface area contributed by atoms with E-state index in [1.165, 1.54) is 10.4 Å². The summed E-state index contributed by atoms with van der Waals surface area (Å²) < 4.78 is 7.81. The van der Waals surface area contributed by atoms with Crippen LogP contribution in [0.5, 0.6) is 0 Å². The van der Waals surface area contributed by atoms with Crippen LogP contribution in [-0.2, 0) is 4.43 Å². The summed E-state index contributed by atoms with van der Waals surface area (Å²) in [5, 5.41) is 5.97. The van der Waals surface area contributed by atoms with E-state index in [1.807, 2.05) is 6.07 Å². The van der Waals surface area contributed by atoms with Gasteiger partial charge in [-0.15, -0.1) is 0 Å². The van der Waals surface area contributed by atoms with Gasteiger partial charge < -0.3 is 15.5 Å². The van der Waals surface area contributed by atoms with Crippen molar-refractivity contribution in [1.82, 2.24) is 4.98 Å². The van der Waals surface area contributed by atoms with Gasteiger partial charge >= 0.3 is 0 Å². The average Bonchev–Trinajstić information content (AvgIpc) is 2.75. The number of pyridine rings is 1. The van der Waals surface area contributed by atoms with Crippen LogP contribution >= 0.6 is 15.9 Å². The molecule has 0 radical (unpaired) electrons. The highest BCUT2D eigenvalue weighted by Crippen LogP contribution is 2.36. The first-order valence-corrected chi connectivity index (χ1v) is 13.4. The maximum atomic E-state index is 6.92. The lowest BCUT2D eigenvalue weighted by Gasteiger charge is -2.43. The molecule has 0 atom stereocenters. The lowest BCUT2D eigenvalue weighted by atomic mass is 10.2. The van der Waals surface area contributed by atoms with Gasteiger partial charge in [-0.05, 0) is 50.2 Å². The van der Waals surface area contributed by atoms with Gasteiger partial charge in [-0.2, -0.15) is 0 Å². The Morgan fingerprint density at radius 3 is 2.06 bits per heavy atom. The highest BCUT2D eigenvalue weighted by Gasteiger charge is 2.49. The Labute approximate surface area is 195 Å². The van der Waals surface area contributed by atoms with Crippen molar-refractivity contribution in [3.8, 4) is 0 Å². The zero-order valence-corrected chi connectivity index (χ0v) is 21.2. The predicted octanol–water partition coefficient (Wildman–Crippen LogP) is 5.20. The van der Waals surface area contributed by atoms with Crippen molar-refractivity contribution in [3.63, 3.8) is 0 Å². The summed E-state index contributed by atoms with van der Waals surface area (Å²) in [5.41, 5.74) is 6.67. The summed E-state index contributed by atoms with van der Waals surface area (Å²) in [6.45, 7) is 8.45. The van der Waals surface area contributed by atoms with Crippen molar-refractivity contribution in [2.75, 3.05) is 24.2 Å². The van der Waals surface area contributed by atoms with E-state index < -0.39 is 8.32 Å². The third-order valence-corrected chi connectivity index (χ3v) is 11.0. The Morgan fingerprint density at radius 1 is 0.968 bits per heavy atom. The number of benzene rings is 2. The normalized spacial score (nSPS) is 12.0. The van der Waals surface area contributed by atoms with Crippen molar-refractivity contribution < 1.29 is 4.43 Å². The number of hydrogen-bond donors (Lipinski definition) is 2. The molecule has 0 amide bonds. The number of rotatable bonds is 9. The molecule has 1 heterocycles. The van der Waals surface area contributed by atoms with Crippen LogP contribution in [0.1, 0.15) is 33.6 Å². The van der Waals surface area contributed by atoms with Gasteiger partial charge in [0.2, 0.25) is 0 Å². The molecule has 0 saturated carbocycles. The van der Waals surface area contributed by atoms with Gasteiger partial charge in [0.1, 0.15) is 5.82 Å². The number of unbranched alkanes of at least 4 members (excludes halogenated alkanes) is 1. The maximum absolute atomic E-state index is 6.92. The molecule has 31 heavy (non-hydrogen) atoms. The van der Waals surface area contributed by atoms with Gasteiger partial charge in [-0.1, -0.05) is 81.4 Å². The molecule has 0 fully saturated rings. The molecule has 0 saturated heterocycles. The first kappa shape index (κ1) is 23.5. The molecular formula is C25H32BrN3OSi. The molecule has 0 bridgehead atoms. The maximum Gasteiger partial charge on any atom is 0.261 e. The van der Waals surface area contributed by atoms with E-state index in [0.29, 0.717) is 5.69 Å². The van der Waals surface area contributed by atoms with Crippen LogP contribution in [0.15, 0.2) is 77.4 Å². The average molecular weight is 499 g/mol. The minimum absolute atomic E-state index is 0.00372. The first-order valence-electron chi connectivity index (χ1n) is 10.7. The highest BCUT2D eigenvalue weighted by atomic mass is 79.9. The van der Waals surface area contributed by atoms with Gasteiger partial charge in [-0.3, -0.25) is 0 Å². The topological polar surface area (TPSA) is 60.2 Å². The van der Waals surface area contributed by atoms with E-state index in [1.54, 1.807) is 6.20 Å². The Bertz CT molecular complexity index is 922. The fourth-order valence-electron chi connectivity index (χ4n) is 4.02. The minimum Gasteiger partial charge on any atom is -0.407 e. The monoisotopic (exact) mass is 497 g/mol. The molecule has 3 aromatic rings. The fourth-order valence-corrected chi connectivity index (χ4v) is 8.98. The van der Waals surface area contributed by atoms with Crippen molar-refractivity contribution in [1.29, 1.82) is 0 Å². The van der Waals surface area contributed by atoms with E-state index in [0.717, 1.165) is 36.3 Å². The molecule has 6 heteroatoms. The van der Waals surface area contributed by atoms with Crippen LogP contribution in [0.2, 0.25) is 5.04 Å². The van der Waals surface area contributed by atoms with Crippen LogP contribution in [0, 0.1) is 0 Å². The zero-order chi connectivity index (χ0) is 22.3. The van der Waals surface area contributed by atoms with Crippen LogP contribution in [0.25, 0.3) is 0 Å². The Balaban J connectivity index is 1.70. The van der Waals surface area contributed by atoms with Gasteiger partial charge in [0.05, 0.1) is 5.69 Å². The van der Waals surface area contributed by atoms with Crippen molar-refractivity contribution in [2.45, 2.75) is 38.7 Å². The molecule has 2 aromatic carbocycles. The number of halogens is 1. The predicted molar refractivity (Wildman–Crippen MR) is 138 cm³/mol. The number of nitrogens with zero attached hydrogens (tertiary/aromatic N) is 1. The Hall–Kier alpha value is -2.15. The summed E-state index contributed by atoms with van der Waals surface area (Å²) in [4.78, 5) is 4.34. The minimum atomic E-state index is -2.45. The van der Waals surface area contributed by atoms with Crippen LogP contribution in [0.4, 0.5) is 11.5 Å². The molecule has 0 spiro atoms. The SMILES string of the molecule is CC(C)(C)[Si](OCCCCNc1ncc(Br)cc1N)(c1ccccc1)c1ccccc1. The summed E-state index contributed by atoms with van der Waals surface area (Å²) in [7, 11) is -2.45. The zero-order valence-electron chi connectivity index (χ0n) is 18.6. The molecule has 0 aliphatic rings.